The van der Waals surface area contributed by atoms with E-state index in [1.165, 1.54) is 11.3 Å². The van der Waals surface area contributed by atoms with Crippen molar-refractivity contribution in [3.05, 3.63) is 75.2 Å². The first-order chi connectivity index (χ1) is 14.6. The molecule has 0 saturated heterocycles. The van der Waals surface area contributed by atoms with Gasteiger partial charge in [0, 0.05) is 10.9 Å². The van der Waals surface area contributed by atoms with Crippen LogP contribution in [0.15, 0.2) is 53.6 Å². The molecule has 2 aromatic carbocycles. The average Bonchev–Trinajstić information content (AvgIpc) is 3.43. The summed E-state index contributed by atoms with van der Waals surface area (Å²) in [6, 6.07) is 12.4. The van der Waals surface area contributed by atoms with Crippen molar-refractivity contribution in [1.29, 1.82) is 0 Å². The number of fused-ring (bicyclic) bond motifs is 2. The molecule has 0 saturated carbocycles. The van der Waals surface area contributed by atoms with E-state index in [4.69, 9.17) is 18.9 Å². The molecule has 0 aliphatic carbocycles. The fourth-order valence-corrected chi connectivity index (χ4v) is 4.10. The first kappa shape index (κ1) is 18.4. The number of thiophene rings is 1. The Morgan fingerprint density at radius 3 is 2.83 bits per heavy atom. The quantitative estimate of drug-likeness (QED) is 0.350. The van der Waals surface area contributed by atoms with Crippen LogP contribution in [0.25, 0.3) is 6.08 Å². The summed E-state index contributed by atoms with van der Waals surface area (Å²) in [7, 11) is 0. The van der Waals surface area contributed by atoms with Gasteiger partial charge in [-0.2, -0.15) is 0 Å². The van der Waals surface area contributed by atoms with Gasteiger partial charge < -0.3 is 18.9 Å². The van der Waals surface area contributed by atoms with Gasteiger partial charge in [-0.3, -0.25) is 9.59 Å². The lowest BCUT2D eigenvalue weighted by Gasteiger charge is -2.07. The van der Waals surface area contributed by atoms with E-state index in [9.17, 15) is 9.59 Å². The van der Waals surface area contributed by atoms with E-state index >= 15 is 0 Å². The summed E-state index contributed by atoms with van der Waals surface area (Å²) >= 11 is 1.50. The lowest BCUT2D eigenvalue weighted by Crippen LogP contribution is -2.10. The molecular formula is C23H16O6S. The molecule has 1 aromatic heterocycles. The minimum absolute atomic E-state index is 0.184. The van der Waals surface area contributed by atoms with Gasteiger partial charge in [0.05, 0.1) is 12.0 Å². The average molecular weight is 420 g/mol. The number of rotatable bonds is 4. The van der Waals surface area contributed by atoms with Crippen molar-refractivity contribution in [2.45, 2.75) is 13.3 Å². The Hall–Kier alpha value is -3.58. The van der Waals surface area contributed by atoms with Gasteiger partial charge in [0.25, 0.3) is 0 Å². The minimum atomic E-state index is -0.364. The third kappa shape index (κ3) is 3.44. The van der Waals surface area contributed by atoms with Crippen molar-refractivity contribution in [2.75, 3.05) is 6.79 Å². The number of hydrogen-bond acceptors (Lipinski definition) is 7. The maximum atomic E-state index is 12.8. The van der Waals surface area contributed by atoms with Crippen LogP contribution in [0.1, 0.15) is 26.4 Å². The molecule has 0 bridgehead atoms. The Balaban J connectivity index is 1.37. The SMILES string of the molecule is Cc1cc(OC(=O)Cc2cccs2)cc2c1C(=O)/C(=C/c1ccc3c(c1)OCO3)O2. The van der Waals surface area contributed by atoms with Crippen LogP contribution in [-0.4, -0.2) is 18.5 Å². The Morgan fingerprint density at radius 2 is 2.00 bits per heavy atom. The highest BCUT2D eigenvalue weighted by atomic mass is 32.1. The number of esters is 1. The lowest BCUT2D eigenvalue weighted by molar-refractivity contribution is -0.133. The fourth-order valence-electron chi connectivity index (χ4n) is 3.41. The van der Waals surface area contributed by atoms with Gasteiger partial charge in [0.1, 0.15) is 11.5 Å². The first-order valence-corrected chi connectivity index (χ1v) is 10.2. The van der Waals surface area contributed by atoms with Crippen LogP contribution in [0.5, 0.6) is 23.0 Å². The highest BCUT2D eigenvalue weighted by Crippen LogP contribution is 2.38. The predicted molar refractivity (Wildman–Crippen MR) is 110 cm³/mol. The molecule has 0 radical (unpaired) electrons. The van der Waals surface area contributed by atoms with Gasteiger partial charge in [0.2, 0.25) is 12.6 Å². The van der Waals surface area contributed by atoms with E-state index in [1.54, 1.807) is 37.3 Å². The van der Waals surface area contributed by atoms with Crippen molar-refractivity contribution in [2.24, 2.45) is 0 Å². The molecule has 2 aliphatic heterocycles. The van der Waals surface area contributed by atoms with Crippen LogP contribution >= 0.6 is 11.3 Å². The van der Waals surface area contributed by atoms with Crippen LogP contribution in [0.4, 0.5) is 0 Å². The van der Waals surface area contributed by atoms with E-state index in [-0.39, 0.29) is 30.7 Å². The number of ketones is 1. The minimum Gasteiger partial charge on any atom is -0.454 e. The molecule has 7 heteroatoms. The van der Waals surface area contributed by atoms with Crippen molar-refractivity contribution in [3.63, 3.8) is 0 Å². The van der Waals surface area contributed by atoms with Crippen molar-refractivity contribution in [1.82, 2.24) is 0 Å². The normalized spacial score (nSPS) is 15.2. The molecule has 6 nitrogen and oxygen atoms in total. The highest BCUT2D eigenvalue weighted by Gasteiger charge is 2.30. The Morgan fingerprint density at radius 1 is 1.13 bits per heavy atom. The molecular weight excluding hydrogens is 404 g/mol. The number of allylic oxidation sites excluding steroid dienone is 1. The largest absolute Gasteiger partial charge is 0.454 e. The number of aryl methyl sites for hydroxylation is 1. The molecule has 150 valence electrons. The van der Waals surface area contributed by atoms with Gasteiger partial charge in [-0.25, -0.2) is 0 Å². The first-order valence-electron chi connectivity index (χ1n) is 9.28. The zero-order valence-corrected chi connectivity index (χ0v) is 16.8. The van der Waals surface area contributed by atoms with Crippen molar-refractivity contribution in [3.8, 4) is 23.0 Å². The molecule has 0 spiro atoms. The monoisotopic (exact) mass is 420 g/mol. The summed E-state index contributed by atoms with van der Waals surface area (Å²) in [5.74, 6) is 1.66. The highest BCUT2D eigenvalue weighted by molar-refractivity contribution is 7.10. The summed E-state index contributed by atoms with van der Waals surface area (Å²) in [5, 5.41) is 1.91. The van der Waals surface area contributed by atoms with E-state index < -0.39 is 0 Å². The van der Waals surface area contributed by atoms with Crippen molar-refractivity contribution < 1.29 is 28.5 Å². The third-order valence-electron chi connectivity index (χ3n) is 4.77. The molecule has 0 N–H and O–H groups in total. The van der Waals surface area contributed by atoms with E-state index in [0.717, 1.165) is 10.4 Å². The van der Waals surface area contributed by atoms with Crippen LogP contribution < -0.4 is 18.9 Å². The van der Waals surface area contributed by atoms with E-state index in [1.807, 2.05) is 23.6 Å². The predicted octanol–water partition coefficient (Wildman–Crippen LogP) is 4.55. The third-order valence-corrected chi connectivity index (χ3v) is 5.64. The van der Waals surface area contributed by atoms with Gasteiger partial charge in [0.15, 0.2) is 17.3 Å². The van der Waals surface area contributed by atoms with Crippen LogP contribution in [0, 0.1) is 6.92 Å². The van der Waals surface area contributed by atoms with Crippen molar-refractivity contribution >= 4 is 29.2 Å². The molecule has 5 rings (SSSR count). The number of ether oxygens (including phenoxy) is 4. The molecule has 3 heterocycles. The second-order valence-electron chi connectivity index (χ2n) is 6.90. The van der Waals surface area contributed by atoms with Crippen LogP contribution in [0.3, 0.4) is 0 Å². The number of hydrogen-bond donors (Lipinski definition) is 0. The smallest absolute Gasteiger partial charge is 0.316 e. The zero-order chi connectivity index (χ0) is 20.7. The number of carbonyl (C=O) groups is 2. The van der Waals surface area contributed by atoms with Gasteiger partial charge in [-0.05, 0) is 53.8 Å². The molecule has 0 amide bonds. The number of carbonyl (C=O) groups excluding carboxylic acids is 2. The zero-order valence-electron chi connectivity index (χ0n) is 16.0. The topological polar surface area (TPSA) is 71.1 Å². The second-order valence-corrected chi connectivity index (χ2v) is 7.93. The fraction of sp³-hybridized carbons (Fsp3) is 0.130. The molecule has 30 heavy (non-hydrogen) atoms. The molecule has 0 unspecified atom stereocenters. The summed E-state index contributed by atoms with van der Waals surface area (Å²) in [5.41, 5.74) is 1.92. The van der Waals surface area contributed by atoms with Gasteiger partial charge in [-0.15, -0.1) is 11.3 Å². The maximum Gasteiger partial charge on any atom is 0.316 e. The standard InChI is InChI=1S/C23H16O6S/c1-13-7-15(28-21(24)11-16-3-2-6-30-16)10-19-22(13)23(25)20(29-19)9-14-4-5-17-18(8-14)27-12-26-17/h2-10H,11-12H2,1H3/b20-9-. The van der Waals surface area contributed by atoms with Gasteiger partial charge in [-0.1, -0.05) is 12.1 Å². The molecule has 0 atom stereocenters. The van der Waals surface area contributed by atoms with Crippen LogP contribution in [-0.2, 0) is 11.2 Å². The van der Waals surface area contributed by atoms with Crippen LogP contribution in [0.2, 0.25) is 0 Å². The number of Topliss-reactive ketones (excluding diaryl/α,β-unsaturated/α-hetero) is 1. The Kier molecular flexibility index (Phi) is 4.52. The summed E-state index contributed by atoms with van der Waals surface area (Å²) in [6.07, 6.45) is 1.86. The van der Waals surface area contributed by atoms with E-state index in [0.29, 0.717) is 34.1 Å². The molecule has 0 fully saturated rings. The summed E-state index contributed by atoms with van der Waals surface area (Å²) < 4.78 is 21.9. The van der Waals surface area contributed by atoms with Gasteiger partial charge >= 0.3 is 5.97 Å². The summed E-state index contributed by atoms with van der Waals surface area (Å²) in [6.45, 7) is 1.98. The maximum absolute atomic E-state index is 12.8. The van der Waals surface area contributed by atoms with E-state index in [2.05, 4.69) is 0 Å². The molecule has 2 aliphatic rings. The molecule has 3 aromatic rings. The Bertz CT molecular complexity index is 1190. The summed E-state index contributed by atoms with van der Waals surface area (Å²) in [4.78, 5) is 26.0. The Labute approximate surface area is 176 Å². The second kappa shape index (κ2) is 7.35. The lowest BCUT2D eigenvalue weighted by atomic mass is 10.0. The number of benzene rings is 2.